The number of rotatable bonds is 5. The molecule has 0 bridgehead atoms. The lowest BCUT2D eigenvalue weighted by Gasteiger charge is -2.19. The summed E-state index contributed by atoms with van der Waals surface area (Å²) in [6.45, 7) is -0.768. The predicted molar refractivity (Wildman–Crippen MR) is 55.8 cm³/mol. The van der Waals surface area contributed by atoms with E-state index in [-0.39, 0.29) is 5.75 Å². The average Bonchev–Trinajstić information content (AvgIpc) is 2.16. The molecule has 16 heavy (non-hydrogen) atoms. The number of pyridine rings is 1. The van der Waals surface area contributed by atoms with Crippen LogP contribution in [-0.2, 0) is 0 Å². The van der Waals surface area contributed by atoms with Gasteiger partial charge in [0.1, 0.15) is 11.6 Å². The second-order valence-corrected chi connectivity index (χ2v) is 3.46. The number of ether oxygens (including phenoxy) is 1. The second kappa shape index (κ2) is 5.60. The van der Waals surface area contributed by atoms with Crippen molar-refractivity contribution in [2.45, 2.75) is 19.6 Å². The Hall–Kier alpha value is -1.43. The first-order valence-electron chi connectivity index (χ1n) is 4.79. The van der Waals surface area contributed by atoms with Crippen molar-refractivity contribution in [2.24, 2.45) is 0 Å². The van der Waals surface area contributed by atoms with E-state index in [0.717, 1.165) is 0 Å². The van der Waals surface area contributed by atoms with E-state index in [1.807, 2.05) is 0 Å². The molecule has 0 aliphatic carbocycles. The number of aromatic nitrogens is 1. The highest BCUT2D eigenvalue weighted by Gasteiger charge is 2.07. The number of hydrogen-bond donors (Lipinski definition) is 1. The summed E-state index contributed by atoms with van der Waals surface area (Å²) in [6, 6.07) is 2.97. The fraction of sp³-hybridized carbons (Fsp3) is 0.500. The van der Waals surface area contributed by atoms with Crippen molar-refractivity contribution in [3.63, 3.8) is 0 Å². The number of aliphatic hydroxyl groups is 1. The number of aliphatic hydroxyl groups excluding tert-OH is 1. The number of hydrogen-bond acceptors (Lipinski definition) is 4. The molecule has 1 heterocycles. The normalized spacial score (nSPS) is 12.6. The van der Waals surface area contributed by atoms with E-state index in [9.17, 15) is 8.78 Å². The standard InChI is InChI=1S/C10H14F2N2O2/c1-7(15)6-14(2)9-4-3-8(5-13-9)16-10(11)12/h3-5,7,10,15H,6H2,1-2H3. The quantitative estimate of drug-likeness (QED) is 0.835. The monoisotopic (exact) mass is 232 g/mol. The van der Waals surface area contributed by atoms with Crippen LogP contribution in [0.2, 0.25) is 0 Å². The van der Waals surface area contributed by atoms with Crippen LogP contribution < -0.4 is 9.64 Å². The van der Waals surface area contributed by atoms with Gasteiger partial charge in [-0.15, -0.1) is 0 Å². The molecular weight excluding hydrogens is 218 g/mol. The molecule has 0 aromatic carbocycles. The highest BCUT2D eigenvalue weighted by Crippen LogP contribution is 2.16. The van der Waals surface area contributed by atoms with Crippen molar-refractivity contribution in [3.8, 4) is 5.75 Å². The van der Waals surface area contributed by atoms with Crippen LogP contribution in [0, 0.1) is 0 Å². The minimum absolute atomic E-state index is 0.0178. The van der Waals surface area contributed by atoms with Gasteiger partial charge in [-0.3, -0.25) is 0 Å². The summed E-state index contributed by atoms with van der Waals surface area (Å²) in [6.07, 6.45) is 0.740. The molecule has 1 aromatic heterocycles. The lowest BCUT2D eigenvalue weighted by Crippen LogP contribution is -2.27. The molecule has 6 heteroatoms. The zero-order valence-corrected chi connectivity index (χ0v) is 9.10. The summed E-state index contributed by atoms with van der Waals surface area (Å²) in [7, 11) is 1.75. The van der Waals surface area contributed by atoms with Gasteiger partial charge in [0.15, 0.2) is 0 Å². The van der Waals surface area contributed by atoms with Crippen LogP contribution in [0.4, 0.5) is 14.6 Å². The molecule has 0 spiro atoms. The van der Waals surface area contributed by atoms with E-state index in [0.29, 0.717) is 12.4 Å². The molecule has 4 nitrogen and oxygen atoms in total. The third kappa shape index (κ3) is 3.98. The van der Waals surface area contributed by atoms with Gasteiger partial charge in [-0.2, -0.15) is 8.78 Å². The topological polar surface area (TPSA) is 45.6 Å². The number of halogens is 2. The molecule has 1 unspecified atom stereocenters. The van der Waals surface area contributed by atoms with Gasteiger partial charge in [0.05, 0.1) is 12.3 Å². The van der Waals surface area contributed by atoms with E-state index in [2.05, 4.69) is 9.72 Å². The molecule has 1 rings (SSSR count). The fourth-order valence-electron chi connectivity index (χ4n) is 1.26. The molecule has 0 saturated heterocycles. The number of likely N-dealkylation sites (N-methyl/N-ethyl adjacent to an activating group) is 1. The largest absolute Gasteiger partial charge is 0.433 e. The van der Waals surface area contributed by atoms with Gasteiger partial charge >= 0.3 is 6.61 Å². The molecule has 0 amide bonds. The minimum atomic E-state index is -2.84. The van der Waals surface area contributed by atoms with Crippen molar-refractivity contribution >= 4 is 5.82 Å². The molecular formula is C10H14F2N2O2. The van der Waals surface area contributed by atoms with Crippen LogP contribution in [0.1, 0.15) is 6.92 Å². The van der Waals surface area contributed by atoms with Gasteiger partial charge in [0, 0.05) is 13.6 Å². The molecule has 1 aromatic rings. The van der Waals surface area contributed by atoms with Crippen molar-refractivity contribution in [1.29, 1.82) is 0 Å². The number of anilines is 1. The summed E-state index contributed by atoms with van der Waals surface area (Å²) in [4.78, 5) is 5.66. The molecule has 0 fully saturated rings. The van der Waals surface area contributed by atoms with E-state index in [1.54, 1.807) is 24.9 Å². The van der Waals surface area contributed by atoms with Crippen LogP contribution in [0.15, 0.2) is 18.3 Å². The van der Waals surface area contributed by atoms with Crippen LogP contribution in [0.25, 0.3) is 0 Å². The molecule has 90 valence electrons. The maximum atomic E-state index is 11.9. The third-order valence-corrected chi connectivity index (χ3v) is 1.88. The van der Waals surface area contributed by atoms with Crippen LogP contribution in [-0.4, -0.2) is 36.4 Å². The highest BCUT2D eigenvalue weighted by atomic mass is 19.3. The van der Waals surface area contributed by atoms with Gasteiger partial charge < -0.3 is 14.7 Å². The Morgan fingerprint density at radius 1 is 1.50 bits per heavy atom. The number of nitrogens with zero attached hydrogens (tertiary/aromatic N) is 2. The summed E-state index contributed by atoms with van der Waals surface area (Å²) in [5.74, 6) is 0.603. The highest BCUT2D eigenvalue weighted by molar-refractivity contribution is 5.39. The van der Waals surface area contributed by atoms with Gasteiger partial charge in [0.2, 0.25) is 0 Å². The Morgan fingerprint density at radius 3 is 2.62 bits per heavy atom. The van der Waals surface area contributed by atoms with Crippen LogP contribution in [0.5, 0.6) is 5.75 Å². The van der Waals surface area contributed by atoms with Gasteiger partial charge in [-0.05, 0) is 19.1 Å². The minimum Gasteiger partial charge on any atom is -0.433 e. The first-order valence-corrected chi connectivity index (χ1v) is 4.79. The molecule has 0 aliphatic heterocycles. The van der Waals surface area contributed by atoms with E-state index >= 15 is 0 Å². The van der Waals surface area contributed by atoms with E-state index < -0.39 is 12.7 Å². The predicted octanol–water partition coefficient (Wildman–Crippen LogP) is 1.50. The lowest BCUT2D eigenvalue weighted by atomic mass is 10.3. The Kier molecular flexibility index (Phi) is 4.42. The van der Waals surface area contributed by atoms with Crippen LogP contribution >= 0.6 is 0 Å². The SMILES string of the molecule is CC(O)CN(C)c1ccc(OC(F)F)cn1. The molecule has 1 N–H and O–H groups in total. The summed E-state index contributed by atoms with van der Waals surface area (Å²) in [5, 5.41) is 9.16. The molecule has 0 aliphatic rings. The summed E-state index contributed by atoms with van der Waals surface area (Å²) in [5.41, 5.74) is 0. The average molecular weight is 232 g/mol. The van der Waals surface area contributed by atoms with Crippen molar-refractivity contribution in [2.75, 3.05) is 18.5 Å². The zero-order chi connectivity index (χ0) is 12.1. The smallest absolute Gasteiger partial charge is 0.387 e. The fourth-order valence-corrected chi connectivity index (χ4v) is 1.26. The molecule has 0 saturated carbocycles. The zero-order valence-electron chi connectivity index (χ0n) is 9.10. The first-order chi connectivity index (χ1) is 7.49. The lowest BCUT2D eigenvalue weighted by molar-refractivity contribution is -0.0500. The van der Waals surface area contributed by atoms with Crippen molar-refractivity contribution in [1.82, 2.24) is 4.98 Å². The molecule has 1 atom stereocenters. The van der Waals surface area contributed by atoms with Gasteiger partial charge in [0.25, 0.3) is 0 Å². The molecule has 0 radical (unpaired) electrons. The Labute approximate surface area is 92.5 Å². The summed E-state index contributed by atoms with van der Waals surface area (Å²) < 4.78 is 27.9. The Bertz CT molecular complexity index is 317. The van der Waals surface area contributed by atoms with Gasteiger partial charge in [-0.25, -0.2) is 4.98 Å². The van der Waals surface area contributed by atoms with E-state index in [4.69, 9.17) is 5.11 Å². The Morgan fingerprint density at radius 2 is 2.19 bits per heavy atom. The maximum Gasteiger partial charge on any atom is 0.387 e. The Balaban J connectivity index is 2.63. The second-order valence-electron chi connectivity index (χ2n) is 3.46. The van der Waals surface area contributed by atoms with Crippen molar-refractivity contribution in [3.05, 3.63) is 18.3 Å². The first kappa shape index (κ1) is 12.6. The van der Waals surface area contributed by atoms with Crippen molar-refractivity contribution < 1.29 is 18.6 Å². The van der Waals surface area contributed by atoms with E-state index in [1.165, 1.54) is 12.3 Å². The van der Waals surface area contributed by atoms with Crippen LogP contribution in [0.3, 0.4) is 0 Å². The number of alkyl halides is 2. The maximum absolute atomic E-state index is 11.9. The third-order valence-electron chi connectivity index (χ3n) is 1.88. The summed E-state index contributed by atoms with van der Waals surface area (Å²) >= 11 is 0. The van der Waals surface area contributed by atoms with Gasteiger partial charge in [-0.1, -0.05) is 0 Å².